The van der Waals surface area contributed by atoms with Crippen LogP contribution in [-0.2, 0) is 4.74 Å². The van der Waals surface area contributed by atoms with Crippen LogP contribution in [0.25, 0.3) is 0 Å². The number of ether oxygens (including phenoxy) is 1. The van der Waals surface area contributed by atoms with Gasteiger partial charge in [-0.05, 0) is 47.6 Å². The number of nitrogens with zero attached hydrogens (tertiary/aromatic N) is 1. The molecular formula is C16H28N2O3. The third-order valence-electron chi connectivity index (χ3n) is 3.10. The van der Waals surface area contributed by atoms with Gasteiger partial charge in [-0.2, -0.15) is 0 Å². The number of hydrogen-bond donors (Lipinski definition) is 1. The lowest BCUT2D eigenvalue weighted by molar-refractivity contribution is 0.0192. The summed E-state index contributed by atoms with van der Waals surface area (Å²) in [7, 11) is 0. The summed E-state index contributed by atoms with van der Waals surface area (Å²) in [5.41, 5.74) is 0.630. The normalized spacial score (nSPS) is 13.3. The van der Waals surface area contributed by atoms with Crippen molar-refractivity contribution in [1.82, 2.24) is 10.2 Å². The minimum atomic E-state index is -0.470. The Balaban J connectivity index is 2.46. The Kier molecular flexibility index (Phi) is 6.27. The number of nitrogens with one attached hydrogen (secondary N) is 1. The van der Waals surface area contributed by atoms with Gasteiger partial charge in [-0.15, -0.1) is 0 Å². The second-order valence-corrected chi connectivity index (χ2v) is 6.50. The fraction of sp³-hybridized carbons (Fsp3) is 0.688. The summed E-state index contributed by atoms with van der Waals surface area (Å²) in [6.07, 6.45) is 3.12. The van der Waals surface area contributed by atoms with Gasteiger partial charge < -0.3 is 19.4 Å². The highest BCUT2D eigenvalue weighted by Crippen LogP contribution is 2.13. The average Bonchev–Trinajstić information content (AvgIpc) is 2.85. The largest absolute Gasteiger partial charge is 0.472 e. The van der Waals surface area contributed by atoms with Crippen LogP contribution in [0.15, 0.2) is 23.0 Å². The van der Waals surface area contributed by atoms with Crippen LogP contribution in [0, 0.1) is 0 Å². The molecule has 1 unspecified atom stereocenters. The number of amides is 1. The Morgan fingerprint density at radius 3 is 2.52 bits per heavy atom. The fourth-order valence-electron chi connectivity index (χ4n) is 1.92. The van der Waals surface area contributed by atoms with E-state index in [9.17, 15) is 4.79 Å². The summed E-state index contributed by atoms with van der Waals surface area (Å²) in [4.78, 5) is 13.9. The Bertz CT molecular complexity index is 421. The van der Waals surface area contributed by atoms with Crippen molar-refractivity contribution in [2.24, 2.45) is 0 Å². The first-order valence-corrected chi connectivity index (χ1v) is 7.46. The summed E-state index contributed by atoms with van der Waals surface area (Å²) >= 11 is 0. The van der Waals surface area contributed by atoms with E-state index >= 15 is 0 Å². The van der Waals surface area contributed by atoms with E-state index in [-0.39, 0.29) is 18.2 Å². The molecule has 120 valence electrons. The van der Waals surface area contributed by atoms with Crippen LogP contribution in [-0.4, -0.2) is 35.7 Å². The first-order chi connectivity index (χ1) is 9.70. The quantitative estimate of drug-likeness (QED) is 0.872. The summed E-state index contributed by atoms with van der Waals surface area (Å²) in [5, 5.41) is 3.38. The number of rotatable bonds is 6. The van der Waals surface area contributed by atoms with E-state index in [1.165, 1.54) is 0 Å². The molecule has 1 heterocycles. The number of carbonyl (C=O) groups excluding carboxylic acids is 1. The maximum Gasteiger partial charge on any atom is 0.410 e. The molecule has 1 aromatic heterocycles. The third-order valence-corrected chi connectivity index (χ3v) is 3.10. The van der Waals surface area contributed by atoms with Crippen molar-refractivity contribution in [1.29, 1.82) is 0 Å². The van der Waals surface area contributed by atoms with E-state index in [1.54, 1.807) is 17.4 Å². The number of furan rings is 1. The predicted molar refractivity (Wildman–Crippen MR) is 83.2 cm³/mol. The first-order valence-electron chi connectivity index (χ1n) is 7.46. The minimum absolute atomic E-state index is 0.103. The predicted octanol–water partition coefficient (Wildman–Crippen LogP) is 3.58. The molecule has 0 fully saturated rings. The van der Waals surface area contributed by atoms with Crippen LogP contribution in [0.5, 0.6) is 0 Å². The SMILES string of the molecule is CC(NCCN(C(=O)OC(C)(C)C)C(C)C)c1ccoc1. The van der Waals surface area contributed by atoms with E-state index < -0.39 is 5.60 Å². The molecule has 0 aliphatic rings. The minimum Gasteiger partial charge on any atom is -0.472 e. The summed E-state index contributed by atoms with van der Waals surface area (Å²) < 4.78 is 10.5. The van der Waals surface area contributed by atoms with Crippen molar-refractivity contribution < 1.29 is 13.9 Å². The molecular weight excluding hydrogens is 268 g/mol. The van der Waals surface area contributed by atoms with Gasteiger partial charge in [-0.3, -0.25) is 0 Å². The summed E-state index contributed by atoms with van der Waals surface area (Å²) in [6, 6.07) is 2.23. The van der Waals surface area contributed by atoms with Gasteiger partial charge in [0.2, 0.25) is 0 Å². The van der Waals surface area contributed by atoms with Crippen molar-refractivity contribution in [3.8, 4) is 0 Å². The van der Waals surface area contributed by atoms with Crippen LogP contribution in [0.1, 0.15) is 53.1 Å². The van der Waals surface area contributed by atoms with Crippen molar-refractivity contribution in [3.05, 3.63) is 24.2 Å². The van der Waals surface area contributed by atoms with Crippen LogP contribution in [0.4, 0.5) is 4.79 Å². The van der Waals surface area contributed by atoms with Gasteiger partial charge in [-0.1, -0.05) is 0 Å². The van der Waals surface area contributed by atoms with E-state index in [1.807, 2.05) is 40.7 Å². The zero-order valence-corrected chi connectivity index (χ0v) is 14.0. The smallest absolute Gasteiger partial charge is 0.410 e. The van der Waals surface area contributed by atoms with E-state index in [2.05, 4.69) is 12.2 Å². The van der Waals surface area contributed by atoms with Crippen molar-refractivity contribution in [2.75, 3.05) is 13.1 Å². The summed E-state index contributed by atoms with van der Waals surface area (Å²) in [6.45, 7) is 13.0. The monoisotopic (exact) mass is 296 g/mol. The molecule has 1 rings (SSSR count). The zero-order chi connectivity index (χ0) is 16.0. The zero-order valence-electron chi connectivity index (χ0n) is 14.0. The van der Waals surface area contributed by atoms with Gasteiger partial charge in [0.1, 0.15) is 5.60 Å². The second kappa shape index (κ2) is 7.50. The molecule has 5 heteroatoms. The molecule has 1 atom stereocenters. The number of hydrogen-bond acceptors (Lipinski definition) is 4. The van der Waals surface area contributed by atoms with Crippen molar-refractivity contribution in [2.45, 2.75) is 59.2 Å². The van der Waals surface area contributed by atoms with Crippen molar-refractivity contribution >= 4 is 6.09 Å². The van der Waals surface area contributed by atoms with Gasteiger partial charge in [0.05, 0.1) is 12.5 Å². The molecule has 0 bridgehead atoms. The van der Waals surface area contributed by atoms with Crippen LogP contribution in [0.2, 0.25) is 0 Å². The molecule has 5 nitrogen and oxygen atoms in total. The fourth-order valence-corrected chi connectivity index (χ4v) is 1.92. The highest BCUT2D eigenvalue weighted by atomic mass is 16.6. The van der Waals surface area contributed by atoms with E-state index in [0.717, 1.165) is 5.56 Å². The highest BCUT2D eigenvalue weighted by Gasteiger charge is 2.23. The maximum atomic E-state index is 12.2. The molecule has 0 aliphatic heterocycles. The van der Waals surface area contributed by atoms with Gasteiger partial charge in [-0.25, -0.2) is 4.79 Å². The molecule has 0 aromatic carbocycles. The average molecular weight is 296 g/mol. The highest BCUT2D eigenvalue weighted by molar-refractivity contribution is 5.68. The maximum absolute atomic E-state index is 12.2. The Morgan fingerprint density at radius 1 is 1.38 bits per heavy atom. The molecule has 0 spiro atoms. The molecule has 0 saturated heterocycles. The standard InChI is InChI=1S/C16H28N2O3/c1-12(2)18(15(19)21-16(4,5)6)9-8-17-13(3)14-7-10-20-11-14/h7,10-13,17H,8-9H2,1-6H3. The summed E-state index contributed by atoms with van der Waals surface area (Å²) in [5.74, 6) is 0. The van der Waals surface area contributed by atoms with Gasteiger partial charge >= 0.3 is 6.09 Å². The molecule has 1 aromatic rings. The Morgan fingerprint density at radius 2 is 2.05 bits per heavy atom. The van der Waals surface area contributed by atoms with Crippen molar-refractivity contribution in [3.63, 3.8) is 0 Å². The van der Waals surface area contributed by atoms with Gasteiger partial charge in [0.25, 0.3) is 0 Å². The molecule has 0 saturated carbocycles. The van der Waals surface area contributed by atoms with Crippen LogP contribution in [0.3, 0.4) is 0 Å². The van der Waals surface area contributed by atoms with Crippen LogP contribution >= 0.6 is 0 Å². The second-order valence-electron chi connectivity index (χ2n) is 6.50. The Labute approximate surface area is 127 Å². The van der Waals surface area contributed by atoms with Gasteiger partial charge in [0.15, 0.2) is 0 Å². The molecule has 1 amide bonds. The number of carbonyl (C=O) groups is 1. The molecule has 21 heavy (non-hydrogen) atoms. The lowest BCUT2D eigenvalue weighted by atomic mass is 10.2. The lowest BCUT2D eigenvalue weighted by Crippen LogP contribution is -2.44. The van der Waals surface area contributed by atoms with Crippen LogP contribution < -0.4 is 5.32 Å². The molecule has 1 N–H and O–H groups in total. The lowest BCUT2D eigenvalue weighted by Gasteiger charge is -2.30. The van der Waals surface area contributed by atoms with E-state index in [4.69, 9.17) is 9.15 Å². The topological polar surface area (TPSA) is 54.7 Å². The van der Waals surface area contributed by atoms with Gasteiger partial charge in [0, 0.05) is 30.7 Å². The third kappa shape index (κ3) is 6.21. The van der Waals surface area contributed by atoms with E-state index in [0.29, 0.717) is 13.1 Å². The Hall–Kier alpha value is -1.49. The molecule has 0 radical (unpaired) electrons. The first kappa shape index (κ1) is 17.6. The molecule has 0 aliphatic carbocycles.